The van der Waals surface area contributed by atoms with E-state index < -0.39 is 11.8 Å². The molecule has 2 N–H and O–H groups in total. The van der Waals surface area contributed by atoms with Crippen LogP contribution >= 0.6 is 0 Å². The number of rotatable bonds is 5. The van der Waals surface area contributed by atoms with Crippen LogP contribution in [-0.4, -0.2) is 35.5 Å². The Morgan fingerprint density at radius 2 is 1.85 bits per heavy atom. The standard InChI is InChI=1S/C18H18N4O5/c1-22-16(23)10-8-14(21-22)17(24)19-20-18(25)15-9-7-13(27-15)11-26-12-5-3-2-4-6-12/h2-7,9H,8,10-11H2,1H3,(H,19,24)(H,20,25). The summed E-state index contributed by atoms with van der Waals surface area (Å²) >= 11 is 0. The lowest BCUT2D eigenvalue weighted by Gasteiger charge is -2.18. The van der Waals surface area contributed by atoms with Gasteiger partial charge in [-0.05, 0) is 24.3 Å². The van der Waals surface area contributed by atoms with Crippen LogP contribution in [0.15, 0.2) is 52.0 Å². The monoisotopic (exact) mass is 370 g/mol. The molecule has 1 aromatic carbocycles. The van der Waals surface area contributed by atoms with Crippen LogP contribution in [0.5, 0.6) is 5.75 Å². The maximum absolute atomic E-state index is 12.1. The molecule has 0 saturated carbocycles. The molecule has 0 atom stereocenters. The van der Waals surface area contributed by atoms with Crippen LogP contribution < -0.4 is 15.6 Å². The van der Waals surface area contributed by atoms with Crippen molar-refractivity contribution in [2.24, 2.45) is 5.10 Å². The molecule has 140 valence electrons. The summed E-state index contributed by atoms with van der Waals surface area (Å²) in [5, 5.41) is 4.97. The summed E-state index contributed by atoms with van der Waals surface area (Å²) in [7, 11) is 1.47. The topological polar surface area (TPSA) is 113 Å². The van der Waals surface area contributed by atoms with Crippen LogP contribution in [0.3, 0.4) is 0 Å². The third-order valence-corrected chi connectivity index (χ3v) is 3.77. The molecular weight excluding hydrogens is 352 g/mol. The number of carbonyl (C=O) groups excluding carboxylic acids is 3. The second kappa shape index (κ2) is 8.17. The van der Waals surface area contributed by atoms with Gasteiger partial charge in [0.15, 0.2) is 5.76 Å². The first kappa shape index (κ1) is 18.2. The van der Waals surface area contributed by atoms with Crippen LogP contribution in [0.2, 0.25) is 0 Å². The molecule has 3 amide bonds. The highest BCUT2D eigenvalue weighted by Crippen LogP contribution is 2.14. The molecule has 0 bridgehead atoms. The Morgan fingerprint density at radius 3 is 2.59 bits per heavy atom. The molecular formula is C18H18N4O5. The minimum Gasteiger partial charge on any atom is -0.486 e. The van der Waals surface area contributed by atoms with Gasteiger partial charge in [-0.15, -0.1) is 0 Å². The molecule has 3 rings (SSSR count). The van der Waals surface area contributed by atoms with E-state index in [2.05, 4.69) is 16.0 Å². The number of benzene rings is 1. The molecule has 1 aliphatic heterocycles. The largest absolute Gasteiger partial charge is 0.486 e. The number of amides is 3. The molecule has 0 aliphatic carbocycles. The summed E-state index contributed by atoms with van der Waals surface area (Å²) in [4.78, 5) is 35.4. The fourth-order valence-electron chi connectivity index (χ4n) is 2.33. The number of hydrogen-bond acceptors (Lipinski definition) is 6. The molecule has 2 aromatic rings. The van der Waals surface area contributed by atoms with Crippen molar-refractivity contribution in [3.8, 4) is 5.75 Å². The summed E-state index contributed by atoms with van der Waals surface area (Å²) < 4.78 is 10.9. The predicted octanol–water partition coefficient (Wildman–Crippen LogP) is 1.23. The first-order valence-electron chi connectivity index (χ1n) is 8.24. The van der Waals surface area contributed by atoms with Gasteiger partial charge in [0, 0.05) is 19.9 Å². The van der Waals surface area contributed by atoms with Gasteiger partial charge in [0.25, 0.3) is 5.91 Å². The first-order chi connectivity index (χ1) is 13.0. The lowest BCUT2D eigenvalue weighted by atomic mass is 10.1. The van der Waals surface area contributed by atoms with E-state index in [4.69, 9.17) is 9.15 Å². The van der Waals surface area contributed by atoms with Gasteiger partial charge in [0.1, 0.15) is 23.8 Å². The number of para-hydroxylation sites is 1. The number of ether oxygens (including phenoxy) is 1. The van der Waals surface area contributed by atoms with Gasteiger partial charge in [0.2, 0.25) is 5.91 Å². The van der Waals surface area contributed by atoms with Gasteiger partial charge in [-0.2, -0.15) is 5.10 Å². The Bertz CT molecular complexity index is 875. The third-order valence-electron chi connectivity index (χ3n) is 3.77. The summed E-state index contributed by atoms with van der Waals surface area (Å²) in [6, 6.07) is 12.3. The van der Waals surface area contributed by atoms with E-state index in [1.165, 1.54) is 13.1 Å². The second-order valence-corrected chi connectivity index (χ2v) is 5.74. The van der Waals surface area contributed by atoms with Crippen molar-refractivity contribution in [1.82, 2.24) is 15.9 Å². The Hall–Kier alpha value is -3.62. The van der Waals surface area contributed by atoms with E-state index in [-0.39, 0.29) is 36.8 Å². The number of carbonyl (C=O) groups is 3. The Balaban J connectivity index is 1.50. The first-order valence-corrected chi connectivity index (χ1v) is 8.24. The molecule has 9 nitrogen and oxygen atoms in total. The smallest absolute Gasteiger partial charge is 0.305 e. The molecule has 2 heterocycles. The quantitative estimate of drug-likeness (QED) is 0.769. The van der Waals surface area contributed by atoms with Crippen LogP contribution in [0.4, 0.5) is 0 Å². The van der Waals surface area contributed by atoms with Gasteiger partial charge in [-0.1, -0.05) is 18.2 Å². The van der Waals surface area contributed by atoms with Crippen molar-refractivity contribution in [2.75, 3.05) is 7.05 Å². The predicted molar refractivity (Wildman–Crippen MR) is 94.5 cm³/mol. The molecule has 0 saturated heterocycles. The Morgan fingerprint density at radius 1 is 1.11 bits per heavy atom. The maximum Gasteiger partial charge on any atom is 0.305 e. The van der Waals surface area contributed by atoms with Gasteiger partial charge >= 0.3 is 5.91 Å². The average molecular weight is 370 g/mol. The van der Waals surface area contributed by atoms with Crippen LogP contribution in [-0.2, 0) is 16.2 Å². The van der Waals surface area contributed by atoms with E-state index in [9.17, 15) is 14.4 Å². The molecule has 0 radical (unpaired) electrons. The summed E-state index contributed by atoms with van der Waals surface area (Å²) in [5.41, 5.74) is 4.67. The Kier molecular flexibility index (Phi) is 5.50. The van der Waals surface area contributed by atoms with Crippen molar-refractivity contribution >= 4 is 23.4 Å². The summed E-state index contributed by atoms with van der Waals surface area (Å²) in [6.07, 6.45) is 0.409. The molecule has 0 fully saturated rings. The highest BCUT2D eigenvalue weighted by molar-refractivity contribution is 6.39. The van der Waals surface area contributed by atoms with Crippen molar-refractivity contribution < 1.29 is 23.5 Å². The highest BCUT2D eigenvalue weighted by atomic mass is 16.5. The normalized spacial score (nSPS) is 13.7. The zero-order chi connectivity index (χ0) is 19.2. The third kappa shape index (κ3) is 4.72. The van der Waals surface area contributed by atoms with Gasteiger partial charge in [-0.3, -0.25) is 25.2 Å². The lowest BCUT2D eigenvalue weighted by molar-refractivity contribution is -0.130. The number of hydrazone groups is 1. The lowest BCUT2D eigenvalue weighted by Crippen LogP contribution is -2.46. The van der Waals surface area contributed by atoms with Gasteiger partial charge in [-0.25, -0.2) is 5.01 Å². The second-order valence-electron chi connectivity index (χ2n) is 5.74. The summed E-state index contributed by atoms with van der Waals surface area (Å²) in [6.45, 7) is 0.167. The zero-order valence-electron chi connectivity index (χ0n) is 14.6. The molecule has 0 unspecified atom stereocenters. The number of hydrogen-bond donors (Lipinski definition) is 2. The minimum atomic E-state index is -0.616. The van der Waals surface area contributed by atoms with Gasteiger partial charge in [0.05, 0.1) is 0 Å². The SMILES string of the molecule is CN1N=C(C(=O)NNC(=O)c2ccc(COc3ccccc3)o2)CCC1=O. The van der Waals surface area contributed by atoms with Crippen LogP contribution in [0.1, 0.15) is 29.2 Å². The van der Waals surface area contributed by atoms with Gasteiger partial charge < -0.3 is 9.15 Å². The number of hydrazine groups is 1. The molecule has 0 spiro atoms. The minimum absolute atomic E-state index is 0.0276. The van der Waals surface area contributed by atoms with E-state index in [0.717, 1.165) is 5.01 Å². The number of nitrogens with one attached hydrogen (secondary N) is 2. The van der Waals surface area contributed by atoms with E-state index >= 15 is 0 Å². The van der Waals surface area contributed by atoms with E-state index in [1.54, 1.807) is 6.07 Å². The highest BCUT2D eigenvalue weighted by Gasteiger charge is 2.22. The zero-order valence-corrected chi connectivity index (χ0v) is 14.6. The van der Waals surface area contributed by atoms with Crippen molar-refractivity contribution in [3.63, 3.8) is 0 Å². The fraction of sp³-hybridized carbons (Fsp3) is 0.222. The molecule has 1 aliphatic rings. The van der Waals surface area contributed by atoms with Crippen molar-refractivity contribution in [2.45, 2.75) is 19.4 Å². The fourth-order valence-corrected chi connectivity index (χ4v) is 2.33. The summed E-state index contributed by atoms with van der Waals surface area (Å²) in [5.74, 6) is -0.190. The molecule has 1 aromatic heterocycles. The Labute approximate surface area is 154 Å². The number of nitrogens with zero attached hydrogens (tertiary/aromatic N) is 2. The van der Waals surface area contributed by atoms with Crippen LogP contribution in [0, 0.1) is 0 Å². The molecule has 9 heteroatoms. The van der Waals surface area contributed by atoms with E-state index in [1.807, 2.05) is 30.3 Å². The average Bonchev–Trinajstić information content (AvgIpc) is 3.16. The van der Waals surface area contributed by atoms with E-state index in [0.29, 0.717) is 11.5 Å². The number of furan rings is 1. The van der Waals surface area contributed by atoms with Crippen molar-refractivity contribution in [1.29, 1.82) is 0 Å². The molecule has 27 heavy (non-hydrogen) atoms. The van der Waals surface area contributed by atoms with Crippen molar-refractivity contribution in [3.05, 3.63) is 54.0 Å². The maximum atomic E-state index is 12.1. The van der Waals surface area contributed by atoms with Crippen LogP contribution in [0.25, 0.3) is 0 Å².